The molecule has 1 aliphatic heterocycles. The summed E-state index contributed by atoms with van der Waals surface area (Å²) < 4.78 is 10.3. The molecule has 2 saturated carbocycles. The number of likely N-dealkylation sites (tertiary alicyclic amines) is 1. The van der Waals surface area contributed by atoms with Crippen molar-refractivity contribution in [3.63, 3.8) is 0 Å². The summed E-state index contributed by atoms with van der Waals surface area (Å²) in [6, 6.07) is 6.80. The molecule has 1 aromatic rings. The van der Waals surface area contributed by atoms with Gasteiger partial charge in [-0.25, -0.2) is 0 Å². The van der Waals surface area contributed by atoms with Gasteiger partial charge < -0.3 is 14.8 Å². The largest absolute Gasteiger partial charge is 0.494 e. The van der Waals surface area contributed by atoms with Gasteiger partial charge in [0.25, 0.3) is 5.91 Å². The Morgan fingerprint density at radius 1 is 1.07 bits per heavy atom. The van der Waals surface area contributed by atoms with Crippen LogP contribution in [0.25, 0.3) is 0 Å². The minimum atomic E-state index is -0.763. The highest BCUT2D eigenvalue weighted by molar-refractivity contribution is 6.07. The second kappa shape index (κ2) is 7.85. The van der Waals surface area contributed by atoms with E-state index in [1.54, 1.807) is 24.3 Å². The van der Waals surface area contributed by atoms with Crippen LogP contribution in [0.2, 0.25) is 0 Å². The van der Waals surface area contributed by atoms with E-state index in [1.807, 2.05) is 6.92 Å². The van der Waals surface area contributed by atoms with Gasteiger partial charge >= 0.3 is 5.97 Å². The number of hydrogen-bond acceptors (Lipinski definition) is 6. The standard InChI is InChI=1S/C21H24N2O6/c1-2-28-15-7-5-14(6-8-15)22-16(24)11-29-17(25)10-23-20(26)18-12-3-4-13(9-12)19(18)21(23)27/h5-8,12-13,18-19H,2-4,9-11H2,1H3,(H,22,24)/t12-,13+,18-,19-/m0/s1. The van der Waals surface area contributed by atoms with Gasteiger partial charge in [-0.2, -0.15) is 0 Å². The zero-order valence-electron chi connectivity index (χ0n) is 16.3. The molecule has 8 heteroatoms. The SMILES string of the molecule is CCOc1ccc(NC(=O)COC(=O)CN2C(=O)[C@H]3[C@@H]4CC[C@@H](C4)[C@@H]3C2=O)cc1. The van der Waals surface area contributed by atoms with Crippen molar-refractivity contribution in [3.8, 4) is 5.75 Å². The van der Waals surface area contributed by atoms with E-state index in [4.69, 9.17) is 9.47 Å². The lowest BCUT2D eigenvalue weighted by Crippen LogP contribution is -2.38. The van der Waals surface area contributed by atoms with Gasteiger partial charge in [0.1, 0.15) is 12.3 Å². The number of benzene rings is 1. The van der Waals surface area contributed by atoms with Crippen molar-refractivity contribution in [2.75, 3.05) is 25.1 Å². The van der Waals surface area contributed by atoms with Crippen LogP contribution in [-0.2, 0) is 23.9 Å². The Balaban J connectivity index is 1.25. The number of nitrogens with zero attached hydrogens (tertiary/aromatic N) is 1. The zero-order valence-corrected chi connectivity index (χ0v) is 16.3. The monoisotopic (exact) mass is 400 g/mol. The first-order chi connectivity index (χ1) is 14.0. The molecule has 1 heterocycles. The molecule has 8 nitrogen and oxygen atoms in total. The molecule has 1 aromatic carbocycles. The maximum absolute atomic E-state index is 12.6. The Kier molecular flexibility index (Phi) is 5.25. The predicted molar refractivity (Wildman–Crippen MR) is 102 cm³/mol. The molecule has 0 spiro atoms. The van der Waals surface area contributed by atoms with E-state index in [9.17, 15) is 19.2 Å². The third kappa shape index (κ3) is 3.71. The molecule has 3 fully saturated rings. The Morgan fingerprint density at radius 2 is 1.69 bits per heavy atom. The van der Waals surface area contributed by atoms with Crippen molar-refractivity contribution in [2.45, 2.75) is 26.2 Å². The highest BCUT2D eigenvalue weighted by Crippen LogP contribution is 2.56. The molecule has 1 N–H and O–H groups in total. The maximum atomic E-state index is 12.6. The average Bonchev–Trinajstić information content (AvgIpc) is 3.38. The summed E-state index contributed by atoms with van der Waals surface area (Å²) in [5.74, 6) is -1.10. The fourth-order valence-corrected chi connectivity index (χ4v) is 4.95. The van der Waals surface area contributed by atoms with E-state index in [-0.39, 0.29) is 35.5 Å². The number of hydrogen-bond donors (Lipinski definition) is 1. The van der Waals surface area contributed by atoms with Crippen LogP contribution < -0.4 is 10.1 Å². The normalized spacial score (nSPS) is 27.1. The fraction of sp³-hybridized carbons (Fsp3) is 0.524. The van der Waals surface area contributed by atoms with Crippen LogP contribution in [0, 0.1) is 23.7 Å². The number of rotatable bonds is 7. The van der Waals surface area contributed by atoms with Crippen molar-refractivity contribution in [3.05, 3.63) is 24.3 Å². The summed E-state index contributed by atoms with van der Waals surface area (Å²) in [6.07, 6.45) is 2.90. The number of imide groups is 1. The summed E-state index contributed by atoms with van der Waals surface area (Å²) in [6.45, 7) is 1.51. The highest BCUT2D eigenvalue weighted by Gasteiger charge is 2.61. The van der Waals surface area contributed by atoms with Gasteiger partial charge in [0.15, 0.2) is 6.61 Å². The van der Waals surface area contributed by atoms with Crippen LogP contribution >= 0.6 is 0 Å². The number of nitrogens with one attached hydrogen (secondary N) is 1. The van der Waals surface area contributed by atoms with Crippen LogP contribution in [0.1, 0.15) is 26.2 Å². The number of carbonyl (C=O) groups is 4. The molecule has 0 unspecified atom stereocenters. The van der Waals surface area contributed by atoms with Gasteiger partial charge in [0.2, 0.25) is 11.8 Å². The number of esters is 1. The van der Waals surface area contributed by atoms with Crippen molar-refractivity contribution >= 4 is 29.4 Å². The van der Waals surface area contributed by atoms with Gasteiger partial charge in [0.05, 0.1) is 18.4 Å². The number of carbonyl (C=O) groups excluding carboxylic acids is 4. The van der Waals surface area contributed by atoms with E-state index in [0.29, 0.717) is 18.0 Å². The summed E-state index contributed by atoms with van der Waals surface area (Å²) in [7, 11) is 0. The van der Waals surface area contributed by atoms with Crippen LogP contribution in [-0.4, -0.2) is 48.3 Å². The van der Waals surface area contributed by atoms with E-state index >= 15 is 0 Å². The molecule has 4 rings (SSSR count). The topological polar surface area (TPSA) is 102 Å². The Morgan fingerprint density at radius 3 is 2.28 bits per heavy atom. The van der Waals surface area contributed by atoms with Crippen LogP contribution in [0.3, 0.4) is 0 Å². The van der Waals surface area contributed by atoms with Crippen molar-refractivity contribution < 1.29 is 28.7 Å². The van der Waals surface area contributed by atoms with Gasteiger partial charge in [-0.1, -0.05) is 0 Å². The van der Waals surface area contributed by atoms with Crippen LogP contribution in [0.4, 0.5) is 5.69 Å². The second-order valence-corrected chi connectivity index (χ2v) is 7.81. The first-order valence-corrected chi connectivity index (χ1v) is 10.0. The molecule has 2 aliphatic carbocycles. The molecule has 4 atom stereocenters. The number of fused-ring (bicyclic) bond motifs is 5. The van der Waals surface area contributed by atoms with E-state index in [2.05, 4.69) is 5.32 Å². The Bertz CT molecular complexity index is 808. The smallest absolute Gasteiger partial charge is 0.326 e. The average molecular weight is 400 g/mol. The van der Waals surface area contributed by atoms with Crippen molar-refractivity contribution in [2.24, 2.45) is 23.7 Å². The van der Waals surface area contributed by atoms with E-state index in [1.165, 1.54) is 0 Å². The molecule has 0 aromatic heterocycles. The third-order valence-electron chi connectivity index (χ3n) is 6.12. The minimum absolute atomic E-state index is 0.261. The molecule has 3 aliphatic rings. The van der Waals surface area contributed by atoms with Gasteiger partial charge in [0, 0.05) is 5.69 Å². The van der Waals surface area contributed by atoms with Crippen molar-refractivity contribution in [1.29, 1.82) is 0 Å². The lowest BCUT2D eigenvalue weighted by Gasteiger charge is -2.19. The zero-order chi connectivity index (χ0) is 20.5. The molecule has 154 valence electrons. The first-order valence-electron chi connectivity index (χ1n) is 10.0. The quantitative estimate of drug-likeness (QED) is 0.551. The van der Waals surface area contributed by atoms with Gasteiger partial charge in [-0.3, -0.25) is 24.1 Å². The third-order valence-corrected chi connectivity index (χ3v) is 6.12. The molecular weight excluding hydrogens is 376 g/mol. The summed E-state index contributed by atoms with van der Waals surface area (Å²) >= 11 is 0. The molecule has 2 bridgehead atoms. The van der Waals surface area contributed by atoms with Crippen LogP contribution in [0.5, 0.6) is 5.75 Å². The molecule has 29 heavy (non-hydrogen) atoms. The van der Waals surface area contributed by atoms with E-state index in [0.717, 1.165) is 24.2 Å². The number of anilines is 1. The van der Waals surface area contributed by atoms with Crippen LogP contribution in [0.15, 0.2) is 24.3 Å². The van der Waals surface area contributed by atoms with Crippen molar-refractivity contribution in [1.82, 2.24) is 4.90 Å². The predicted octanol–water partition coefficient (Wildman–Crippen LogP) is 1.60. The van der Waals surface area contributed by atoms with Gasteiger partial charge in [-0.05, 0) is 62.3 Å². The lowest BCUT2D eigenvalue weighted by atomic mass is 9.81. The Labute approximate surface area is 168 Å². The Hall–Kier alpha value is -2.90. The molecule has 1 saturated heterocycles. The summed E-state index contributed by atoms with van der Waals surface area (Å²) in [5.41, 5.74) is 0.544. The molecule has 3 amide bonds. The van der Waals surface area contributed by atoms with Gasteiger partial charge in [-0.15, -0.1) is 0 Å². The molecular formula is C21H24N2O6. The fourth-order valence-electron chi connectivity index (χ4n) is 4.95. The highest BCUT2D eigenvalue weighted by atomic mass is 16.5. The minimum Gasteiger partial charge on any atom is -0.494 e. The second-order valence-electron chi connectivity index (χ2n) is 7.81. The number of ether oxygens (including phenoxy) is 2. The maximum Gasteiger partial charge on any atom is 0.326 e. The van der Waals surface area contributed by atoms with E-state index < -0.39 is 25.0 Å². The lowest BCUT2D eigenvalue weighted by molar-refractivity contribution is -0.154. The summed E-state index contributed by atoms with van der Waals surface area (Å²) in [5, 5.41) is 2.61. The first kappa shape index (κ1) is 19.4. The number of amides is 3. The molecule has 0 radical (unpaired) electrons. The summed E-state index contributed by atoms with van der Waals surface area (Å²) in [4.78, 5) is 50.3.